The SMILES string of the molecule is CCN(C(=O)[C@@H](C)OC(=O)c1cc[n+]([O-])cc1)c1ccccc1. The molecule has 0 unspecified atom stereocenters. The van der Waals surface area contributed by atoms with Gasteiger partial charge in [-0.25, -0.2) is 4.79 Å². The van der Waals surface area contributed by atoms with E-state index in [0.717, 1.165) is 5.69 Å². The van der Waals surface area contributed by atoms with Crippen molar-refractivity contribution in [3.63, 3.8) is 0 Å². The van der Waals surface area contributed by atoms with Crippen molar-refractivity contribution >= 4 is 17.6 Å². The Hall–Kier alpha value is -2.89. The summed E-state index contributed by atoms with van der Waals surface area (Å²) in [5, 5.41) is 11.0. The number of esters is 1. The van der Waals surface area contributed by atoms with Crippen LogP contribution >= 0.6 is 0 Å². The molecule has 23 heavy (non-hydrogen) atoms. The summed E-state index contributed by atoms with van der Waals surface area (Å²) in [6.07, 6.45) is 1.47. The second kappa shape index (κ2) is 7.40. The van der Waals surface area contributed by atoms with Gasteiger partial charge in [-0.15, -0.1) is 0 Å². The first-order valence-electron chi connectivity index (χ1n) is 7.29. The number of hydrogen-bond donors (Lipinski definition) is 0. The van der Waals surface area contributed by atoms with Crippen molar-refractivity contribution in [1.82, 2.24) is 0 Å². The summed E-state index contributed by atoms with van der Waals surface area (Å²) in [7, 11) is 0. The van der Waals surface area contributed by atoms with Gasteiger partial charge in [0, 0.05) is 24.4 Å². The van der Waals surface area contributed by atoms with E-state index < -0.39 is 12.1 Å². The molecule has 0 aliphatic carbocycles. The van der Waals surface area contributed by atoms with Gasteiger partial charge in [0.2, 0.25) is 0 Å². The number of nitrogens with zero attached hydrogens (tertiary/aromatic N) is 2. The van der Waals surface area contributed by atoms with E-state index in [1.54, 1.807) is 4.90 Å². The van der Waals surface area contributed by atoms with Crippen LogP contribution in [-0.2, 0) is 9.53 Å². The third-order valence-corrected chi connectivity index (χ3v) is 3.32. The number of aromatic nitrogens is 1. The minimum Gasteiger partial charge on any atom is -0.619 e. The van der Waals surface area contributed by atoms with E-state index in [1.165, 1.54) is 31.5 Å². The van der Waals surface area contributed by atoms with Gasteiger partial charge < -0.3 is 14.8 Å². The molecule has 0 bridgehead atoms. The maximum Gasteiger partial charge on any atom is 0.339 e. The summed E-state index contributed by atoms with van der Waals surface area (Å²) in [5.74, 6) is -0.947. The molecule has 0 fully saturated rings. The van der Waals surface area contributed by atoms with Gasteiger partial charge in [-0.2, -0.15) is 4.73 Å². The number of carbonyl (C=O) groups excluding carboxylic acids is 2. The van der Waals surface area contributed by atoms with Crippen LogP contribution in [0.3, 0.4) is 0 Å². The summed E-state index contributed by atoms with van der Waals surface area (Å²) in [6.45, 7) is 3.85. The van der Waals surface area contributed by atoms with E-state index in [-0.39, 0.29) is 11.5 Å². The molecular formula is C17H18N2O4. The fraction of sp³-hybridized carbons (Fsp3) is 0.235. The van der Waals surface area contributed by atoms with Crippen LogP contribution in [0.2, 0.25) is 0 Å². The Morgan fingerprint density at radius 1 is 1.17 bits per heavy atom. The molecule has 0 N–H and O–H groups in total. The second-order valence-electron chi connectivity index (χ2n) is 4.91. The third kappa shape index (κ3) is 4.06. The first-order chi connectivity index (χ1) is 11.0. The van der Waals surface area contributed by atoms with E-state index in [1.807, 2.05) is 37.3 Å². The average molecular weight is 314 g/mol. The molecule has 0 aliphatic heterocycles. The average Bonchev–Trinajstić information content (AvgIpc) is 2.57. The predicted molar refractivity (Wildman–Crippen MR) is 84.7 cm³/mol. The summed E-state index contributed by atoms with van der Waals surface area (Å²) in [6, 6.07) is 11.9. The first kappa shape index (κ1) is 16.5. The molecule has 6 heteroatoms. The van der Waals surface area contributed by atoms with Crippen LogP contribution in [0.4, 0.5) is 5.69 Å². The number of para-hydroxylation sites is 1. The van der Waals surface area contributed by atoms with Gasteiger partial charge in [-0.05, 0) is 26.0 Å². The third-order valence-electron chi connectivity index (χ3n) is 3.32. The lowest BCUT2D eigenvalue weighted by Crippen LogP contribution is -2.40. The van der Waals surface area contributed by atoms with Crippen molar-refractivity contribution in [2.24, 2.45) is 0 Å². The Balaban J connectivity index is 2.06. The second-order valence-corrected chi connectivity index (χ2v) is 4.91. The Morgan fingerprint density at radius 3 is 2.35 bits per heavy atom. The molecule has 2 aromatic rings. The summed E-state index contributed by atoms with van der Waals surface area (Å²) in [4.78, 5) is 26.1. The zero-order valence-electron chi connectivity index (χ0n) is 13.0. The van der Waals surface area contributed by atoms with E-state index >= 15 is 0 Å². The molecule has 0 aliphatic rings. The van der Waals surface area contributed by atoms with Crippen molar-refractivity contribution in [3.8, 4) is 0 Å². The molecule has 1 atom stereocenters. The largest absolute Gasteiger partial charge is 0.619 e. The normalized spacial score (nSPS) is 11.6. The highest BCUT2D eigenvalue weighted by molar-refractivity contribution is 5.98. The van der Waals surface area contributed by atoms with Crippen LogP contribution in [0, 0.1) is 5.21 Å². The molecule has 0 radical (unpaired) electrons. The number of ether oxygens (including phenoxy) is 1. The molecule has 0 saturated heterocycles. The molecule has 120 valence electrons. The summed E-state index contributed by atoms with van der Waals surface area (Å²) in [5.41, 5.74) is 0.967. The number of anilines is 1. The molecular weight excluding hydrogens is 296 g/mol. The quantitative estimate of drug-likeness (QED) is 0.480. The lowest BCUT2D eigenvalue weighted by atomic mass is 10.2. The van der Waals surface area contributed by atoms with Crippen molar-refractivity contribution in [2.75, 3.05) is 11.4 Å². The van der Waals surface area contributed by atoms with E-state index in [4.69, 9.17) is 4.74 Å². The standard InChI is InChI=1S/C17H18N2O4/c1-3-19(15-7-5-4-6-8-15)16(20)13(2)23-17(21)14-9-11-18(22)12-10-14/h4-13H,3H2,1-2H3/t13-/m1/s1. The highest BCUT2D eigenvalue weighted by Gasteiger charge is 2.24. The van der Waals surface area contributed by atoms with E-state index in [0.29, 0.717) is 11.3 Å². The monoisotopic (exact) mass is 314 g/mol. The van der Waals surface area contributed by atoms with Gasteiger partial charge in [-0.1, -0.05) is 18.2 Å². The maximum absolute atomic E-state index is 12.5. The smallest absolute Gasteiger partial charge is 0.339 e. The number of pyridine rings is 1. The summed E-state index contributed by atoms with van der Waals surface area (Å²) >= 11 is 0. The molecule has 1 amide bonds. The van der Waals surface area contributed by atoms with Crippen LogP contribution < -0.4 is 9.63 Å². The maximum atomic E-state index is 12.5. The topological polar surface area (TPSA) is 73.5 Å². The Labute approximate surface area is 134 Å². The van der Waals surface area contributed by atoms with Crippen molar-refractivity contribution in [2.45, 2.75) is 20.0 Å². The van der Waals surface area contributed by atoms with Crippen LogP contribution in [0.5, 0.6) is 0 Å². The van der Waals surface area contributed by atoms with Crippen LogP contribution in [0.15, 0.2) is 54.9 Å². The molecule has 0 spiro atoms. The number of rotatable bonds is 5. The fourth-order valence-corrected chi connectivity index (χ4v) is 2.12. The molecule has 1 aromatic heterocycles. The van der Waals surface area contributed by atoms with Gasteiger partial charge in [-0.3, -0.25) is 4.79 Å². The molecule has 1 heterocycles. The molecule has 0 saturated carbocycles. The van der Waals surface area contributed by atoms with Gasteiger partial charge in [0.1, 0.15) is 0 Å². The van der Waals surface area contributed by atoms with Crippen LogP contribution in [0.1, 0.15) is 24.2 Å². The molecule has 1 aromatic carbocycles. The van der Waals surface area contributed by atoms with E-state index in [9.17, 15) is 14.8 Å². The van der Waals surface area contributed by atoms with Gasteiger partial charge >= 0.3 is 5.97 Å². The molecule has 6 nitrogen and oxygen atoms in total. The van der Waals surface area contributed by atoms with Gasteiger partial charge in [0.25, 0.3) is 5.91 Å². The fourth-order valence-electron chi connectivity index (χ4n) is 2.12. The lowest BCUT2D eigenvalue weighted by molar-refractivity contribution is -0.605. The Kier molecular flexibility index (Phi) is 5.30. The number of hydrogen-bond acceptors (Lipinski definition) is 4. The highest BCUT2D eigenvalue weighted by atomic mass is 16.5. The predicted octanol–water partition coefficient (Wildman–Crippen LogP) is 1.92. The zero-order chi connectivity index (χ0) is 16.8. The number of carbonyl (C=O) groups is 2. The zero-order valence-corrected chi connectivity index (χ0v) is 13.0. The van der Waals surface area contributed by atoms with Gasteiger partial charge in [0.05, 0.1) is 5.56 Å². The highest BCUT2D eigenvalue weighted by Crippen LogP contribution is 2.15. The Morgan fingerprint density at radius 2 is 1.78 bits per heavy atom. The van der Waals surface area contributed by atoms with Crippen molar-refractivity contribution in [3.05, 3.63) is 65.6 Å². The Bertz CT molecular complexity index is 671. The minimum absolute atomic E-state index is 0.222. The first-order valence-corrected chi connectivity index (χ1v) is 7.29. The van der Waals surface area contributed by atoms with E-state index in [2.05, 4.69) is 0 Å². The summed E-state index contributed by atoms with van der Waals surface area (Å²) < 4.78 is 5.77. The van der Waals surface area contributed by atoms with Crippen molar-refractivity contribution < 1.29 is 19.1 Å². The minimum atomic E-state index is -0.928. The molecule has 2 rings (SSSR count). The van der Waals surface area contributed by atoms with Gasteiger partial charge in [0.15, 0.2) is 18.5 Å². The lowest BCUT2D eigenvalue weighted by Gasteiger charge is -2.24. The number of amides is 1. The number of benzene rings is 1. The number of likely N-dealkylation sites (N-methyl/N-ethyl adjacent to an activating group) is 1. The van der Waals surface area contributed by atoms with Crippen LogP contribution in [-0.4, -0.2) is 24.5 Å². The van der Waals surface area contributed by atoms with Crippen molar-refractivity contribution in [1.29, 1.82) is 0 Å². The van der Waals surface area contributed by atoms with Crippen LogP contribution in [0.25, 0.3) is 0 Å².